The minimum atomic E-state index is -0.609. The first-order valence-electron chi connectivity index (χ1n) is 9.27. The Morgan fingerprint density at radius 1 is 1.16 bits per heavy atom. The minimum Gasteiger partial charge on any atom is -0.444 e. The molecule has 2 heterocycles. The van der Waals surface area contributed by atoms with Crippen LogP contribution in [0, 0.1) is 11.8 Å². The second kappa shape index (κ2) is 6.59. The van der Waals surface area contributed by atoms with Gasteiger partial charge >= 0.3 is 6.09 Å². The van der Waals surface area contributed by atoms with Gasteiger partial charge in [-0.25, -0.2) is 4.79 Å². The third-order valence-corrected chi connectivity index (χ3v) is 5.65. The number of rotatable bonds is 3. The second-order valence-corrected chi connectivity index (χ2v) is 8.55. The number of likely N-dealkylation sites (tertiary alicyclic amines) is 1. The quantitative estimate of drug-likeness (QED) is 0.795. The Balaban J connectivity index is 1.81. The number of ketones is 1. The number of amides is 2. The van der Waals surface area contributed by atoms with Gasteiger partial charge in [-0.3, -0.25) is 14.5 Å². The first kappa shape index (κ1) is 18.2. The van der Waals surface area contributed by atoms with E-state index < -0.39 is 35.6 Å². The number of carbonyl (C=O) groups is 3. The zero-order valence-electron chi connectivity index (χ0n) is 15.3. The maximum absolute atomic E-state index is 13.0. The van der Waals surface area contributed by atoms with Gasteiger partial charge in [0.15, 0.2) is 5.78 Å². The lowest BCUT2D eigenvalue weighted by atomic mass is 9.82. The number of ether oxygens (including phenoxy) is 1. The third kappa shape index (κ3) is 3.52. The van der Waals surface area contributed by atoms with E-state index in [1.165, 1.54) is 0 Å². The van der Waals surface area contributed by atoms with Crippen LogP contribution in [0.3, 0.4) is 0 Å². The summed E-state index contributed by atoms with van der Waals surface area (Å²) in [5.41, 5.74) is 4.77. The molecule has 2 amide bonds. The molecule has 2 aliphatic heterocycles. The van der Waals surface area contributed by atoms with E-state index >= 15 is 0 Å². The molecule has 25 heavy (non-hydrogen) atoms. The van der Waals surface area contributed by atoms with Crippen molar-refractivity contribution in [2.24, 2.45) is 17.6 Å². The van der Waals surface area contributed by atoms with E-state index in [0.29, 0.717) is 18.9 Å². The van der Waals surface area contributed by atoms with Gasteiger partial charge in [0.25, 0.3) is 0 Å². The van der Waals surface area contributed by atoms with Gasteiger partial charge in [0.2, 0.25) is 5.91 Å². The smallest absolute Gasteiger partial charge is 0.411 e. The van der Waals surface area contributed by atoms with Gasteiger partial charge in [-0.1, -0.05) is 12.8 Å². The van der Waals surface area contributed by atoms with Crippen molar-refractivity contribution in [1.82, 2.24) is 10.2 Å². The van der Waals surface area contributed by atoms with Crippen molar-refractivity contribution in [2.75, 3.05) is 6.54 Å². The van der Waals surface area contributed by atoms with Crippen LogP contribution in [0.1, 0.15) is 52.9 Å². The molecule has 1 saturated carbocycles. The van der Waals surface area contributed by atoms with Crippen LogP contribution in [0.5, 0.6) is 0 Å². The van der Waals surface area contributed by atoms with E-state index in [1.54, 1.807) is 4.90 Å². The van der Waals surface area contributed by atoms with Crippen LogP contribution >= 0.6 is 0 Å². The van der Waals surface area contributed by atoms with Gasteiger partial charge in [0.1, 0.15) is 5.60 Å². The van der Waals surface area contributed by atoms with E-state index in [1.807, 2.05) is 20.8 Å². The SMILES string of the molecule is CC(C)(C)OC(=O)N1C(C(=O)C2NCC2C(N)=O)CC2CCCCC21. The predicted molar refractivity (Wildman–Crippen MR) is 91.7 cm³/mol. The van der Waals surface area contributed by atoms with Crippen molar-refractivity contribution >= 4 is 17.8 Å². The average molecular weight is 351 g/mol. The van der Waals surface area contributed by atoms with Crippen LogP contribution < -0.4 is 11.1 Å². The summed E-state index contributed by atoms with van der Waals surface area (Å²) in [6, 6.07) is -1.04. The van der Waals surface area contributed by atoms with Crippen LogP contribution in [0.4, 0.5) is 4.79 Å². The molecule has 0 spiro atoms. The number of nitrogens with two attached hydrogens (primary N) is 1. The highest BCUT2D eigenvalue weighted by Gasteiger charge is 2.52. The molecule has 0 aromatic rings. The molecule has 3 aliphatic rings. The zero-order chi connectivity index (χ0) is 18.4. The highest BCUT2D eigenvalue weighted by atomic mass is 16.6. The molecule has 5 unspecified atom stereocenters. The standard InChI is InChI=1S/C18H29N3O4/c1-18(2,3)25-17(24)21-12-7-5-4-6-10(12)8-13(21)15(22)14-11(9-20-14)16(19)23/h10-14,20H,4-9H2,1-3H3,(H2,19,23). The fourth-order valence-electron chi connectivity index (χ4n) is 4.42. The second-order valence-electron chi connectivity index (χ2n) is 8.55. The molecule has 7 heteroatoms. The van der Waals surface area contributed by atoms with Crippen molar-refractivity contribution in [2.45, 2.75) is 76.6 Å². The van der Waals surface area contributed by atoms with Crippen molar-refractivity contribution in [3.8, 4) is 0 Å². The Morgan fingerprint density at radius 2 is 1.84 bits per heavy atom. The van der Waals surface area contributed by atoms with Crippen molar-refractivity contribution in [3.05, 3.63) is 0 Å². The minimum absolute atomic E-state index is 0.0599. The Labute approximate surface area is 148 Å². The number of hydrogen-bond acceptors (Lipinski definition) is 5. The monoisotopic (exact) mass is 351 g/mol. The normalized spacial score (nSPS) is 34.8. The summed E-state index contributed by atoms with van der Waals surface area (Å²) in [4.78, 5) is 39.0. The number of fused-ring (bicyclic) bond motifs is 1. The van der Waals surface area contributed by atoms with Crippen LogP contribution in [0.2, 0.25) is 0 Å². The van der Waals surface area contributed by atoms with Crippen molar-refractivity contribution in [1.29, 1.82) is 0 Å². The number of primary amides is 1. The Kier molecular flexibility index (Phi) is 4.79. The number of nitrogens with zero attached hydrogens (tertiary/aromatic N) is 1. The Bertz CT molecular complexity index is 571. The summed E-state index contributed by atoms with van der Waals surface area (Å²) in [6.45, 7) is 5.91. The number of carbonyl (C=O) groups excluding carboxylic acids is 3. The largest absolute Gasteiger partial charge is 0.444 e. The van der Waals surface area contributed by atoms with E-state index in [2.05, 4.69) is 5.32 Å². The first-order chi connectivity index (χ1) is 11.7. The molecule has 0 aromatic heterocycles. The zero-order valence-corrected chi connectivity index (χ0v) is 15.3. The maximum Gasteiger partial charge on any atom is 0.411 e. The summed E-state index contributed by atoms with van der Waals surface area (Å²) >= 11 is 0. The lowest BCUT2D eigenvalue weighted by Crippen LogP contribution is -2.65. The van der Waals surface area contributed by atoms with E-state index in [0.717, 1.165) is 25.7 Å². The molecular formula is C18H29N3O4. The number of Topliss-reactive ketones (excluding diaryl/α,β-unsaturated/α-hetero) is 1. The van der Waals surface area contributed by atoms with Crippen LogP contribution in [-0.2, 0) is 14.3 Å². The molecule has 3 N–H and O–H groups in total. The highest BCUT2D eigenvalue weighted by Crippen LogP contribution is 2.41. The van der Waals surface area contributed by atoms with Gasteiger partial charge in [0.05, 0.1) is 18.0 Å². The molecule has 5 atom stereocenters. The third-order valence-electron chi connectivity index (χ3n) is 5.65. The molecule has 2 saturated heterocycles. The summed E-state index contributed by atoms with van der Waals surface area (Å²) in [5.74, 6) is -0.704. The summed E-state index contributed by atoms with van der Waals surface area (Å²) < 4.78 is 5.58. The molecule has 3 fully saturated rings. The van der Waals surface area contributed by atoms with Gasteiger partial charge < -0.3 is 15.8 Å². The van der Waals surface area contributed by atoms with Gasteiger partial charge in [-0.05, 0) is 46.0 Å². The molecule has 0 aromatic carbocycles. The fourth-order valence-corrected chi connectivity index (χ4v) is 4.42. The number of nitrogens with one attached hydrogen (secondary N) is 1. The van der Waals surface area contributed by atoms with E-state index in [-0.39, 0.29) is 11.8 Å². The first-order valence-corrected chi connectivity index (χ1v) is 9.27. The number of hydrogen-bond donors (Lipinski definition) is 2. The molecule has 0 bridgehead atoms. The fraction of sp³-hybridized carbons (Fsp3) is 0.833. The molecule has 0 radical (unpaired) electrons. The maximum atomic E-state index is 13.0. The Hall–Kier alpha value is -1.63. The molecular weight excluding hydrogens is 322 g/mol. The molecule has 7 nitrogen and oxygen atoms in total. The molecule has 140 valence electrons. The van der Waals surface area contributed by atoms with Gasteiger partial charge in [0, 0.05) is 12.6 Å². The van der Waals surface area contributed by atoms with Crippen LogP contribution in [-0.4, -0.2) is 53.0 Å². The molecule has 3 rings (SSSR count). The summed E-state index contributed by atoms with van der Waals surface area (Å²) in [6.07, 6.45) is 4.38. The predicted octanol–water partition coefficient (Wildman–Crippen LogP) is 1.20. The van der Waals surface area contributed by atoms with Crippen LogP contribution in [0.15, 0.2) is 0 Å². The van der Waals surface area contributed by atoms with Crippen molar-refractivity contribution in [3.63, 3.8) is 0 Å². The van der Waals surface area contributed by atoms with E-state index in [4.69, 9.17) is 10.5 Å². The van der Waals surface area contributed by atoms with Crippen molar-refractivity contribution < 1.29 is 19.1 Å². The Morgan fingerprint density at radius 3 is 2.40 bits per heavy atom. The van der Waals surface area contributed by atoms with E-state index in [9.17, 15) is 14.4 Å². The highest BCUT2D eigenvalue weighted by molar-refractivity contribution is 5.97. The average Bonchev–Trinajstić information content (AvgIpc) is 2.82. The van der Waals surface area contributed by atoms with Gasteiger partial charge in [-0.15, -0.1) is 0 Å². The topological polar surface area (TPSA) is 102 Å². The van der Waals surface area contributed by atoms with Gasteiger partial charge in [-0.2, -0.15) is 0 Å². The summed E-state index contributed by atoms with van der Waals surface area (Å²) in [5, 5.41) is 3.01. The van der Waals surface area contributed by atoms with Crippen LogP contribution in [0.25, 0.3) is 0 Å². The summed E-state index contributed by atoms with van der Waals surface area (Å²) in [7, 11) is 0. The molecule has 1 aliphatic carbocycles. The lowest BCUT2D eigenvalue weighted by molar-refractivity contribution is -0.136. The lowest BCUT2D eigenvalue weighted by Gasteiger charge is -2.39.